The summed E-state index contributed by atoms with van der Waals surface area (Å²) in [5, 5.41) is 13.2. The Bertz CT molecular complexity index is 401. The van der Waals surface area contributed by atoms with Crippen LogP contribution in [0.1, 0.15) is 25.7 Å². The first-order valence-corrected chi connectivity index (χ1v) is 6.59. The van der Waals surface area contributed by atoms with Gasteiger partial charge >= 0.3 is 5.97 Å². The van der Waals surface area contributed by atoms with Crippen molar-refractivity contribution in [3.8, 4) is 0 Å². The molecule has 3 aliphatic rings. The summed E-state index contributed by atoms with van der Waals surface area (Å²) in [5.41, 5.74) is 3.19. The number of carbonyl (C=O) groups is 1. The molecule has 18 heavy (non-hydrogen) atoms. The lowest BCUT2D eigenvalue weighted by Gasteiger charge is -2.38. The Hall–Kier alpha value is -1.43. The third-order valence-electron chi connectivity index (χ3n) is 4.02. The predicted molar refractivity (Wildman–Crippen MR) is 67.8 cm³/mol. The predicted octanol–water partition coefficient (Wildman–Crippen LogP) is 0.301. The van der Waals surface area contributed by atoms with Crippen LogP contribution in [-0.4, -0.2) is 53.2 Å². The first-order valence-electron chi connectivity index (χ1n) is 6.59. The fraction of sp³-hybridized carbons (Fsp3) is 0.750. The number of carboxylic acid groups (broad SMARTS) is 1. The molecule has 3 unspecified atom stereocenters. The second kappa shape index (κ2) is 4.68. The normalized spacial score (nSPS) is 35.8. The van der Waals surface area contributed by atoms with E-state index in [-0.39, 0.29) is 23.8 Å². The van der Waals surface area contributed by atoms with E-state index in [1.807, 2.05) is 6.21 Å². The number of hydrogen-bond donors (Lipinski definition) is 2. The molecule has 0 aromatic rings. The van der Waals surface area contributed by atoms with Crippen LogP contribution in [0.4, 0.5) is 0 Å². The van der Waals surface area contributed by atoms with Crippen LogP contribution in [0.25, 0.3) is 0 Å². The number of carboxylic acids is 1. The van der Waals surface area contributed by atoms with Gasteiger partial charge < -0.3 is 10.5 Å². The number of piperidine rings is 1. The van der Waals surface area contributed by atoms with E-state index < -0.39 is 5.97 Å². The van der Waals surface area contributed by atoms with Crippen LogP contribution in [0.15, 0.2) is 10.1 Å². The molecule has 3 aliphatic heterocycles. The lowest BCUT2D eigenvalue weighted by Crippen LogP contribution is -2.52. The van der Waals surface area contributed by atoms with E-state index in [4.69, 9.17) is 0 Å². The van der Waals surface area contributed by atoms with E-state index in [1.165, 1.54) is 19.3 Å². The number of aliphatic imine (C=N–C) groups is 1. The van der Waals surface area contributed by atoms with Gasteiger partial charge in [0.15, 0.2) is 5.71 Å². The van der Waals surface area contributed by atoms with Gasteiger partial charge in [-0.2, -0.15) is 5.10 Å². The highest BCUT2D eigenvalue weighted by molar-refractivity contribution is 6.37. The van der Waals surface area contributed by atoms with Crippen molar-refractivity contribution in [2.75, 3.05) is 13.1 Å². The van der Waals surface area contributed by atoms with Crippen molar-refractivity contribution in [2.45, 2.75) is 37.9 Å². The number of rotatable bonds is 2. The van der Waals surface area contributed by atoms with Crippen molar-refractivity contribution in [3.63, 3.8) is 0 Å². The molecule has 98 valence electrons. The van der Waals surface area contributed by atoms with Crippen LogP contribution in [-0.2, 0) is 4.79 Å². The molecule has 6 nitrogen and oxygen atoms in total. The molecular formula is C12H18N4O2. The van der Waals surface area contributed by atoms with Gasteiger partial charge in [0.05, 0.1) is 12.0 Å². The molecule has 0 saturated carbocycles. The summed E-state index contributed by atoms with van der Waals surface area (Å²) in [6.45, 7) is 2.02. The Morgan fingerprint density at radius 2 is 2.17 bits per heavy atom. The molecule has 0 aliphatic carbocycles. The minimum atomic E-state index is -0.922. The monoisotopic (exact) mass is 250 g/mol. The Labute approximate surface area is 106 Å². The summed E-state index contributed by atoms with van der Waals surface area (Å²) in [7, 11) is 0. The average Bonchev–Trinajstić information content (AvgIpc) is 2.83. The highest BCUT2D eigenvalue weighted by Gasteiger charge is 2.44. The summed E-state index contributed by atoms with van der Waals surface area (Å²) in [6.07, 6.45) is 6.24. The molecule has 0 bridgehead atoms. The van der Waals surface area contributed by atoms with Crippen LogP contribution in [0, 0.1) is 5.92 Å². The zero-order chi connectivity index (χ0) is 12.5. The van der Waals surface area contributed by atoms with Crippen molar-refractivity contribution in [3.05, 3.63) is 0 Å². The van der Waals surface area contributed by atoms with Gasteiger partial charge in [-0.3, -0.25) is 9.89 Å². The Balaban J connectivity index is 1.83. The highest BCUT2D eigenvalue weighted by atomic mass is 16.4. The second-order valence-electron chi connectivity index (χ2n) is 5.14. The van der Waals surface area contributed by atoms with Crippen molar-refractivity contribution in [1.29, 1.82) is 0 Å². The number of nitrogens with one attached hydrogen (secondary N) is 1. The summed E-state index contributed by atoms with van der Waals surface area (Å²) in [6, 6.07) is 0.0977. The van der Waals surface area contributed by atoms with Gasteiger partial charge in [-0.1, -0.05) is 6.42 Å². The van der Waals surface area contributed by atoms with E-state index in [1.54, 1.807) is 0 Å². The van der Waals surface area contributed by atoms with Crippen molar-refractivity contribution in [1.82, 2.24) is 10.3 Å². The fourth-order valence-corrected chi connectivity index (χ4v) is 3.12. The minimum absolute atomic E-state index is 0.0473. The van der Waals surface area contributed by atoms with E-state index >= 15 is 0 Å². The molecule has 2 N–H and O–H groups in total. The number of hydrogen-bond acceptors (Lipinski definition) is 5. The summed E-state index contributed by atoms with van der Waals surface area (Å²) < 4.78 is 0. The number of fused-ring (bicyclic) bond motifs is 1. The third kappa shape index (κ3) is 1.90. The van der Waals surface area contributed by atoms with Crippen molar-refractivity contribution in [2.24, 2.45) is 16.0 Å². The second-order valence-corrected chi connectivity index (χ2v) is 5.14. The summed E-state index contributed by atoms with van der Waals surface area (Å²) in [4.78, 5) is 18.1. The van der Waals surface area contributed by atoms with E-state index in [0.29, 0.717) is 0 Å². The first kappa shape index (κ1) is 11.6. The molecule has 0 aromatic carbocycles. The molecule has 0 amide bonds. The van der Waals surface area contributed by atoms with Gasteiger partial charge in [-0.15, -0.1) is 0 Å². The first-order chi connectivity index (χ1) is 8.77. The van der Waals surface area contributed by atoms with Crippen LogP contribution in [0.2, 0.25) is 0 Å². The summed E-state index contributed by atoms with van der Waals surface area (Å²) in [5.74, 6) is -1.03. The van der Waals surface area contributed by atoms with Gasteiger partial charge in [0, 0.05) is 25.7 Å². The molecule has 0 aromatic heterocycles. The minimum Gasteiger partial charge on any atom is -0.477 e. The molecule has 0 spiro atoms. The van der Waals surface area contributed by atoms with Gasteiger partial charge in [0.2, 0.25) is 0 Å². The molecule has 0 radical (unpaired) electrons. The SMILES string of the molecule is O=C(O)C1=NNC2CC=NC(N3CCCCC3)C12. The van der Waals surface area contributed by atoms with Gasteiger partial charge in [0.1, 0.15) is 6.17 Å². The fourth-order valence-electron chi connectivity index (χ4n) is 3.12. The number of hydrazone groups is 1. The average molecular weight is 250 g/mol. The zero-order valence-corrected chi connectivity index (χ0v) is 10.2. The molecule has 1 fully saturated rings. The molecule has 3 atom stereocenters. The number of likely N-dealkylation sites (tertiary alicyclic amines) is 1. The van der Waals surface area contributed by atoms with Crippen LogP contribution in [0.3, 0.4) is 0 Å². The van der Waals surface area contributed by atoms with E-state index in [9.17, 15) is 9.90 Å². The summed E-state index contributed by atoms with van der Waals surface area (Å²) >= 11 is 0. The standard InChI is InChI=1S/C12H18N4O2/c17-12(18)10-9-8(14-15-10)4-5-13-11(9)16-6-2-1-3-7-16/h5,8-9,11,14H,1-4,6-7H2,(H,17,18). The molecule has 1 saturated heterocycles. The molecular weight excluding hydrogens is 232 g/mol. The maximum Gasteiger partial charge on any atom is 0.352 e. The van der Waals surface area contributed by atoms with Crippen molar-refractivity contribution >= 4 is 17.9 Å². The van der Waals surface area contributed by atoms with Crippen LogP contribution >= 0.6 is 0 Å². The van der Waals surface area contributed by atoms with Gasteiger partial charge in [0.25, 0.3) is 0 Å². The Kier molecular flexibility index (Phi) is 3.03. The number of aliphatic carboxylic acids is 1. The third-order valence-corrected chi connectivity index (χ3v) is 4.02. The lowest BCUT2D eigenvalue weighted by molar-refractivity contribution is -0.129. The Morgan fingerprint density at radius 1 is 1.39 bits per heavy atom. The highest BCUT2D eigenvalue weighted by Crippen LogP contribution is 2.29. The maximum absolute atomic E-state index is 11.2. The Morgan fingerprint density at radius 3 is 2.89 bits per heavy atom. The smallest absolute Gasteiger partial charge is 0.352 e. The number of nitrogens with zero attached hydrogens (tertiary/aromatic N) is 3. The largest absolute Gasteiger partial charge is 0.477 e. The van der Waals surface area contributed by atoms with E-state index in [2.05, 4.69) is 20.4 Å². The van der Waals surface area contributed by atoms with Crippen LogP contribution in [0.5, 0.6) is 0 Å². The van der Waals surface area contributed by atoms with Crippen LogP contribution < -0.4 is 5.43 Å². The topological polar surface area (TPSA) is 77.3 Å². The quantitative estimate of drug-likeness (QED) is 0.739. The lowest BCUT2D eigenvalue weighted by atomic mass is 9.87. The zero-order valence-electron chi connectivity index (χ0n) is 10.2. The maximum atomic E-state index is 11.2. The molecule has 3 heterocycles. The van der Waals surface area contributed by atoms with E-state index in [0.717, 1.165) is 19.5 Å². The van der Waals surface area contributed by atoms with Gasteiger partial charge in [-0.25, -0.2) is 4.79 Å². The molecule has 3 rings (SSSR count). The van der Waals surface area contributed by atoms with Gasteiger partial charge in [-0.05, 0) is 12.8 Å². The molecule has 6 heteroatoms. The van der Waals surface area contributed by atoms with Crippen molar-refractivity contribution < 1.29 is 9.90 Å².